The van der Waals surface area contributed by atoms with E-state index in [9.17, 15) is 4.79 Å². The van der Waals surface area contributed by atoms with Gasteiger partial charge in [-0.05, 0) is 39.5 Å². The number of carbonyl (C=O) groups excluding carboxylic acids is 1. The van der Waals surface area contributed by atoms with Gasteiger partial charge in [-0.15, -0.1) is 0 Å². The average Bonchev–Trinajstić information content (AvgIpc) is 2.51. The van der Waals surface area contributed by atoms with Crippen LogP contribution in [0.5, 0.6) is 0 Å². The molecule has 2 aliphatic heterocycles. The fraction of sp³-hybridized carbons (Fsp3) is 0.933. The summed E-state index contributed by atoms with van der Waals surface area (Å²) in [6.45, 7) is 14.3. The van der Waals surface area contributed by atoms with Crippen LogP contribution in [-0.2, 0) is 4.79 Å². The van der Waals surface area contributed by atoms with Crippen LogP contribution in [0.1, 0.15) is 33.6 Å². The number of likely N-dealkylation sites (N-methyl/N-ethyl adjacent to an activating group) is 1. The standard InChI is InChI=1S/C8H15NO.C5H12N2.C2H6/c1-2-9-5-3-8(7-10)4-6-9;1-7-4-2-6-3-5-7;1-2/h7-8H,2-6H2,1H3;6H,2-5H2,1H3;1-2H3. The summed E-state index contributed by atoms with van der Waals surface area (Å²) >= 11 is 0. The van der Waals surface area contributed by atoms with Crippen molar-refractivity contribution in [1.29, 1.82) is 0 Å². The van der Waals surface area contributed by atoms with Gasteiger partial charge in [0.1, 0.15) is 6.29 Å². The highest BCUT2D eigenvalue weighted by atomic mass is 16.1. The number of aldehydes is 1. The number of hydrogen-bond acceptors (Lipinski definition) is 4. The molecule has 0 radical (unpaired) electrons. The number of rotatable bonds is 2. The predicted molar refractivity (Wildman–Crippen MR) is 82.6 cm³/mol. The zero-order valence-electron chi connectivity index (χ0n) is 13.3. The van der Waals surface area contributed by atoms with Crippen molar-refractivity contribution in [3.8, 4) is 0 Å². The molecule has 2 saturated heterocycles. The van der Waals surface area contributed by atoms with Crippen LogP contribution in [0.2, 0.25) is 0 Å². The van der Waals surface area contributed by atoms with Crippen LogP contribution < -0.4 is 5.32 Å². The number of piperazine rings is 1. The lowest BCUT2D eigenvalue weighted by Gasteiger charge is -2.27. The summed E-state index contributed by atoms with van der Waals surface area (Å²) in [6, 6.07) is 0. The average molecular weight is 271 g/mol. The maximum absolute atomic E-state index is 10.3. The summed E-state index contributed by atoms with van der Waals surface area (Å²) in [5, 5.41) is 3.27. The van der Waals surface area contributed by atoms with Gasteiger partial charge in [0.2, 0.25) is 0 Å². The maximum Gasteiger partial charge on any atom is 0.123 e. The van der Waals surface area contributed by atoms with Crippen molar-refractivity contribution < 1.29 is 4.79 Å². The molecule has 0 aromatic rings. The van der Waals surface area contributed by atoms with Crippen LogP contribution >= 0.6 is 0 Å². The minimum atomic E-state index is 0.350. The Morgan fingerprint density at radius 2 is 1.63 bits per heavy atom. The van der Waals surface area contributed by atoms with E-state index in [0.717, 1.165) is 51.9 Å². The molecule has 0 unspecified atom stereocenters. The number of nitrogens with zero attached hydrogens (tertiary/aromatic N) is 2. The second kappa shape index (κ2) is 12.6. The van der Waals surface area contributed by atoms with Gasteiger partial charge in [-0.25, -0.2) is 0 Å². The van der Waals surface area contributed by atoms with E-state index in [-0.39, 0.29) is 0 Å². The fourth-order valence-electron chi connectivity index (χ4n) is 2.18. The Balaban J connectivity index is 0.000000316. The number of nitrogens with one attached hydrogen (secondary N) is 1. The van der Waals surface area contributed by atoms with Gasteiger partial charge in [0.15, 0.2) is 0 Å². The maximum atomic E-state index is 10.3. The van der Waals surface area contributed by atoms with Crippen molar-refractivity contribution in [3.05, 3.63) is 0 Å². The minimum Gasteiger partial charge on any atom is -0.314 e. The molecule has 1 N–H and O–H groups in total. The molecule has 2 fully saturated rings. The van der Waals surface area contributed by atoms with E-state index in [1.54, 1.807) is 0 Å². The first kappa shape index (κ1) is 18.6. The fourth-order valence-corrected chi connectivity index (χ4v) is 2.18. The predicted octanol–water partition coefficient (Wildman–Crippen LogP) is 1.46. The molecule has 0 aromatic carbocycles. The second-order valence-electron chi connectivity index (χ2n) is 4.96. The van der Waals surface area contributed by atoms with Crippen LogP contribution in [0, 0.1) is 5.92 Å². The van der Waals surface area contributed by atoms with E-state index in [0.29, 0.717) is 5.92 Å². The molecule has 2 heterocycles. The monoisotopic (exact) mass is 271 g/mol. The highest BCUT2D eigenvalue weighted by Gasteiger charge is 2.16. The molecule has 0 aromatic heterocycles. The van der Waals surface area contributed by atoms with E-state index in [4.69, 9.17) is 0 Å². The van der Waals surface area contributed by atoms with Crippen molar-refractivity contribution in [2.24, 2.45) is 5.92 Å². The zero-order chi connectivity index (χ0) is 14.5. The Morgan fingerprint density at radius 3 is 1.95 bits per heavy atom. The summed E-state index contributed by atoms with van der Waals surface area (Å²) in [5.41, 5.74) is 0. The molecular formula is C15H33N3O. The summed E-state index contributed by atoms with van der Waals surface area (Å²) in [7, 11) is 2.15. The molecule has 0 saturated carbocycles. The zero-order valence-corrected chi connectivity index (χ0v) is 13.3. The normalized spacial score (nSPS) is 21.7. The van der Waals surface area contributed by atoms with Crippen molar-refractivity contribution in [2.75, 3.05) is 52.9 Å². The van der Waals surface area contributed by atoms with Gasteiger partial charge in [0.25, 0.3) is 0 Å². The van der Waals surface area contributed by atoms with E-state index in [2.05, 4.69) is 29.1 Å². The van der Waals surface area contributed by atoms with E-state index < -0.39 is 0 Å². The SMILES string of the molecule is CC.CCN1CCC(C=O)CC1.CN1CCNCC1. The molecule has 0 spiro atoms. The number of likely N-dealkylation sites (tertiary alicyclic amines) is 1. The molecule has 19 heavy (non-hydrogen) atoms. The molecule has 2 aliphatic rings. The first-order valence-electron chi connectivity index (χ1n) is 7.83. The molecule has 0 aliphatic carbocycles. The number of hydrogen-bond donors (Lipinski definition) is 1. The minimum absolute atomic E-state index is 0.350. The van der Waals surface area contributed by atoms with Crippen molar-refractivity contribution in [3.63, 3.8) is 0 Å². The van der Waals surface area contributed by atoms with E-state index >= 15 is 0 Å². The Labute approximate surface area is 119 Å². The van der Waals surface area contributed by atoms with Crippen molar-refractivity contribution >= 4 is 6.29 Å². The molecular weight excluding hydrogens is 238 g/mol. The van der Waals surface area contributed by atoms with Gasteiger partial charge in [-0.2, -0.15) is 0 Å². The summed E-state index contributed by atoms with van der Waals surface area (Å²) in [4.78, 5) is 15.1. The summed E-state index contributed by atoms with van der Waals surface area (Å²) < 4.78 is 0. The van der Waals surface area contributed by atoms with Crippen molar-refractivity contribution in [2.45, 2.75) is 33.6 Å². The topological polar surface area (TPSA) is 35.6 Å². The van der Waals surface area contributed by atoms with Crippen LogP contribution in [0.4, 0.5) is 0 Å². The van der Waals surface area contributed by atoms with Gasteiger partial charge < -0.3 is 19.9 Å². The van der Waals surface area contributed by atoms with Gasteiger partial charge in [0, 0.05) is 32.1 Å². The van der Waals surface area contributed by atoms with Gasteiger partial charge in [-0.3, -0.25) is 0 Å². The Kier molecular flexibility index (Phi) is 12.3. The van der Waals surface area contributed by atoms with Crippen LogP contribution in [0.3, 0.4) is 0 Å². The number of carbonyl (C=O) groups is 1. The van der Waals surface area contributed by atoms with Crippen LogP contribution in [0.25, 0.3) is 0 Å². The van der Waals surface area contributed by atoms with Crippen molar-refractivity contribution in [1.82, 2.24) is 15.1 Å². The summed E-state index contributed by atoms with van der Waals surface area (Å²) in [6.07, 6.45) is 3.24. The lowest BCUT2D eigenvalue weighted by Crippen LogP contribution is -2.40. The van der Waals surface area contributed by atoms with Gasteiger partial charge in [-0.1, -0.05) is 20.8 Å². The van der Waals surface area contributed by atoms with E-state index in [1.165, 1.54) is 13.1 Å². The lowest BCUT2D eigenvalue weighted by molar-refractivity contribution is -0.112. The largest absolute Gasteiger partial charge is 0.314 e. The van der Waals surface area contributed by atoms with Gasteiger partial charge in [0.05, 0.1) is 0 Å². The van der Waals surface area contributed by atoms with Gasteiger partial charge >= 0.3 is 0 Å². The third-order valence-corrected chi connectivity index (χ3v) is 3.61. The molecule has 0 amide bonds. The molecule has 2 rings (SSSR count). The molecule has 114 valence electrons. The Morgan fingerprint density at radius 1 is 1.11 bits per heavy atom. The second-order valence-corrected chi connectivity index (χ2v) is 4.96. The summed E-state index contributed by atoms with van der Waals surface area (Å²) in [5.74, 6) is 0.350. The van der Waals surface area contributed by atoms with Crippen LogP contribution in [-0.4, -0.2) is 68.9 Å². The smallest absolute Gasteiger partial charge is 0.123 e. The highest BCUT2D eigenvalue weighted by molar-refractivity contribution is 5.53. The highest BCUT2D eigenvalue weighted by Crippen LogP contribution is 2.13. The first-order chi connectivity index (χ1) is 9.26. The quantitative estimate of drug-likeness (QED) is 0.772. The Bertz CT molecular complexity index is 198. The van der Waals surface area contributed by atoms with E-state index in [1.807, 2.05) is 13.8 Å². The molecule has 4 nitrogen and oxygen atoms in total. The molecule has 0 bridgehead atoms. The third kappa shape index (κ3) is 9.14. The lowest BCUT2D eigenvalue weighted by atomic mass is 9.99. The molecule has 0 atom stereocenters. The Hall–Kier alpha value is -0.450. The molecule has 4 heteroatoms. The first-order valence-corrected chi connectivity index (χ1v) is 7.83. The third-order valence-electron chi connectivity index (χ3n) is 3.61. The van der Waals surface area contributed by atoms with Crippen LogP contribution in [0.15, 0.2) is 0 Å². The number of piperidine rings is 1.